The Balaban J connectivity index is 2.94. The predicted octanol–water partition coefficient (Wildman–Crippen LogP) is 6.79. The van der Waals surface area contributed by atoms with E-state index in [1.165, 1.54) is 11.1 Å². The molecular formula is C24H34O3. The number of hydrogen-bond acceptors (Lipinski definition) is 2. The number of rotatable bonds is 10. The van der Waals surface area contributed by atoms with Crippen molar-refractivity contribution in [3.63, 3.8) is 0 Å². The van der Waals surface area contributed by atoms with Crippen molar-refractivity contribution in [2.45, 2.75) is 72.6 Å². The van der Waals surface area contributed by atoms with Crippen LogP contribution >= 0.6 is 0 Å². The van der Waals surface area contributed by atoms with Crippen LogP contribution in [0.5, 0.6) is 5.75 Å². The zero-order valence-corrected chi connectivity index (χ0v) is 17.4. The molecule has 1 aromatic rings. The van der Waals surface area contributed by atoms with Crippen molar-refractivity contribution in [2.75, 3.05) is 0 Å². The predicted molar refractivity (Wildman–Crippen MR) is 114 cm³/mol. The van der Waals surface area contributed by atoms with Gasteiger partial charge in [0.25, 0.3) is 0 Å². The molecule has 0 radical (unpaired) electrons. The summed E-state index contributed by atoms with van der Waals surface area (Å²) >= 11 is 0. The maximum absolute atomic E-state index is 11.5. The second-order valence-corrected chi connectivity index (χ2v) is 7.49. The Morgan fingerprint density at radius 1 is 1.15 bits per heavy atom. The molecule has 0 aliphatic heterocycles. The fourth-order valence-electron chi connectivity index (χ4n) is 3.04. The first-order valence-electron chi connectivity index (χ1n) is 9.75. The van der Waals surface area contributed by atoms with Gasteiger partial charge in [0.1, 0.15) is 5.75 Å². The highest BCUT2D eigenvalue weighted by atomic mass is 16.4. The van der Waals surface area contributed by atoms with E-state index in [4.69, 9.17) is 0 Å². The Labute approximate surface area is 164 Å². The molecule has 3 heteroatoms. The highest BCUT2D eigenvalue weighted by molar-refractivity contribution is 5.88. The van der Waals surface area contributed by atoms with Crippen LogP contribution in [0, 0.1) is 0 Å². The molecule has 148 valence electrons. The van der Waals surface area contributed by atoms with E-state index in [1.807, 2.05) is 26.0 Å². The third-order valence-corrected chi connectivity index (χ3v) is 4.72. The van der Waals surface area contributed by atoms with Crippen molar-refractivity contribution >= 4 is 5.97 Å². The number of hydrogen-bond donors (Lipinski definition) is 2. The van der Waals surface area contributed by atoms with Gasteiger partial charge in [0.05, 0.1) is 5.56 Å². The number of carboxylic acids is 1. The molecule has 0 aliphatic carbocycles. The van der Waals surface area contributed by atoms with Crippen LogP contribution in [0.25, 0.3) is 0 Å². The quantitative estimate of drug-likeness (QED) is 0.446. The van der Waals surface area contributed by atoms with Crippen LogP contribution in [-0.2, 0) is 6.42 Å². The average molecular weight is 371 g/mol. The molecule has 0 saturated heterocycles. The Bertz CT molecular complexity index is 719. The van der Waals surface area contributed by atoms with Gasteiger partial charge in [-0.15, -0.1) is 0 Å². The molecule has 0 amide bonds. The Morgan fingerprint density at radius 2 is 1.85 bits per heavy atom. The van der Waals surface area contributed by atoms with Crippen molar-refractivity contribution in [3.05, 3.63) is 64.3 Å². The van der Waals surface area contributed by atoms with Crippen molar-refractivity contribution in [1.82, 2.24) is 0 Å². The lowest BCUT2D eigenvalue weighted by Gasteiger charge is -2.16. The normalized spacial score (nSPS) is 13.0. The smallest absolute Gasteiger partial charge is 0.335 e. The summed E-state index contributed by atoms with van der Waals surface area (Å²) in [5, 5.41) is 20.1. The van der Waals surface area contributed by atoms with Gasteiger partial charge < -0.3 is 10.2 Å². The summed E-state index contributed by atoms with van der Waals surface area (Å²) in [6.07, 6.45) is 12.7. The fourth-order valence-corrected chi connectivity index (χ4v) is 3.04. The van der Waals surface area contributed by atoms with Crippen LogP contribution in [0.3, 0.4) is 0 Å². The number of allylic oxidation sites excluding steroid dienone is 6. The lowest BCUT2D eigenvalue weighted by Crippen LogP contribution is -2.03. The maximum atomic E-state index is 11.5. The van der Waals surface area contributed by atoms with Gasteiger partial charge in [-0.25, -0.2) is 4.79 Å². The van der Waals surface area contributed by atoms with E-state index in [-0.39, 0.29) is 17.2 Å². The van der Waals surface area contributed by atoms with Gasteiger partial charge in [-0.05, 0) is 89.0 Å². The van der Waals surface area contributed by atoms with E-state index in [2.05, 4.69) is 32.9 Å². The minimum Gasteiger partial charge on any atom is -0.507 e. The summed E-state index contributed by atoms with van der Waals surface area (Å²) in [6.45, 7) is 10.3. The van der Waals surface area contributed by atoms with Gasteiger partial charge in [-0.2, -0.15) is 0 Å². The number of aromatic carboxylic acids is 1. The first-order chi connectivity index (χ1) is 12.8. The van der Waals surface area contributed by atoms with E-state index in [0.29, 0.717) is 17.5 Å². The van der Waals surface area contributed by atoms with Crippen molar-refractivity contribution in [1.29, 1.82) is 0 Å². The van der Waals surface area contributed by atoms with Crippen LogP contribution < -0.4 is 0 Å². The first-order valence-corrected chi connectivity index (χ1v) is 9.75. The number of carbonyl (C=O) groups is 1. The molecule has 0 aliphatic rings. The number of carboxylic acid groups (broad SMARTS) is 1. The highest BCUT2D eigenvalue weighted by Crippen LogP contribution is 2.33. The van der Waals surface area contributed by atoms with E-state index in [0.717, 1.165) is 25.7 Å². The average Bonchev–Trinajstić information content (AvgIpc) is 2.60. The molecule has 0 fully saturated rings. The lowest BCUT2D eigenvalue weighted by atomic mass is 9.91. The molecule has 0 aromatic heterocycles. The number of aromatic hydroxyl groups is 1. The molecular weight excluding hydrogens is 336 g/mol. The van der Waals surface area contributed by atoms with Crippen LogP contribution in [0.15, 0.2) is 47.6 Å². The topological polar surface area (TPSA) is 57.5 Å². The summed E-state index contributed by atoms with van der Waals surface area (Å²) in [6, 6.07) is 3.21. The minimum absolute atomic E-state index is 0.0700. The largest absolute Gasteiger partial charge is 0.507 e. The Hall–Kier alpha value is -2.29. The second kappa shape index (κ2) is 11.4. The summed E-state index contributed by atoms with van der Waals surface area (Å²) in [5.41, 5.74) is 4.33. The molecule has 1 aromatic carbocycles. The molecule has 3 nitrogen and oxygen atoms in total. The van der Waals surface area contributed by atoms with Crippen LogP contribution in [-0.4, -0.2) is 16.2 Å². The Kier molecular flexibility index (Phi) is 9.63. The molecule has 0 heterocycles. The molecule has 1 unspecified atom stereocenters. The minimum atomic E-state index is -0.954. The number of phenols is 1. The van der Waals surface area contributed by atoms with Crippen LogP contribution in [0.4, 0.5) is 0 Å². The second-order valence-electron chi connectivity index (χ2n) is 7.49. The summed E-state index contributed by atoms with van der Waals surface area (Å²) in [4.78, 5) is 11.5. The maximum Gasteiger partial charge on any atom is 0.335 e. The highest BCUT2D eigenvalue weighted by Gasteiger charge is 2.17. The zero-order chi connectivity index (χ0) is 20.4. The van der Waals surface area contributed by atoms with E-state index in [9.17, 15) is 15.0 Å². The van der Waals surface area contributed by atoms with Gasteiger partial charge >= 0.3 is 5.97 Å². The summed E-state index contributed by atoms with van der Waals surface area (Å²) < 4.78 is 0. The van der Waals surface area contributed by atoms with Gasteiger partial charge in [-0.1, -0.05) is 42.4 Å². The number of phenolic OH excluding ortho intramolecular Hbond substituents is 1. The van der Waals surface area contributed by atoms with Gasteiger partial charge in [0.15, 0.2) is 0 Å². The third-order valence-electron chi connectivity index (χ3n) is 4.72. The number of aryl methyl sites for hydroxylation is 1. The van der Waals surface area contributed by atoms with E-state index in [1.54, 1.807) is 12.1 Å². The summed E-state index contributed by atoms with van der Waals surface area (Å²) in [5.74, 6) is -0.641. The van der Waals surface area contributed by atoms with Crippen LogP contribution in [0.2, 0.25) is 0 Å². The molecule has 0 bridgehead atoms. The summed E-state index contributed by atoms with van der Waals surface area (Å²) in [7, 11) is 0. The first kappa shape index (κ1) is 22.8. The molecule has 2 N–H and O–H groups in total. The Morgan fingerprint density at radius 3 is 2.44 bits per heavy atom. The third kappa shape index (κ3) is 7.86. The van der Waals surface area contributed by atoms with Gasteiger partial charge in [0, 0.05) is 0 Å². The monoisotopic (exact) mass is 370 g/mol. The van der Waals surface area contributed by atoms with E-state index >= 15 is 0 Å². The molecule has 1 atom stereocenters. The van der Waals surface area contributed by atoms with Gasteiger partial charge in [0.2, 0.25) is 0 Å². The fraction of sp³-hybridized carbons (Fsp3) is 0.458. The molecule has 0 spiro atoms. The lowest BCUT2D eigenvalue weighted by molar-refractivity contribution is 0.0696. The van der Waals surface area contributed by atoms with E-state index < -0.39 is 5.97 Å². The van der Waals surface area contributed by atoms with Crippen LogP contribution in [0.1, 0.15) is 87.7 Å². The molecule has 27 heavy (non-hydrogen) atoms. The standard InChI is InChI=1S/C24H34O3/c1-6-7-13-19(5)22-16-21(24(26)27)15-20(23(22)25)14-9-12-18(4)11-8-10-17(2)3/h6-7,10,12,15-16,19,25H,8-9,11,13-14H2,1-5H3,(H,26,27). The SMILES string of the molecule is CC=CCC(C)c1cc(C(=O)O)cc(CCC=C(C)CCC=C(C)C)c1O. The van der Waals surface area contributed by atoms with Crippen molar-refractivity contribution in [3.8, 4) is 5.75 Å². The molecule has 0 saturated carbocycles. The zero-order valence-electron chi connectivity index (χ0n) is 17.4. The molecule has 1 rings (SSSR count). The van der Waals surface area contributed by atoms with Crippen molar-refractivity contribution < 1.29 is 15.0 Å². The van der Waals surface area contributed by atoms with Crippen molar-refractivity contribution in [2.24, 2.45) is 0 Å². The number of benzene rings is 1. The van der Waals surface area contributed by atoms with Gasteiger partial charge in [-0.3, -0.25) is 0 Å².